The highest BCUT2D eigenvalue weighted by Gasteiger charge is 2.41. The number of hydrogen-bond donors (Lipinski definition) is 1. The van der Waals surface area contributed by atoms with Gasteiger partial charge >= 0.3 is 6.30 Å². The monoisotopic (exact) mass is 189 g/mol. The fourth-order valence-corrected chi connectivity index (χ4v) is 1.20. The molecule has 0 aromatic rings. The summed E-state index contributed by atoms with van der Waals surface area (Å²) in [5, 5.41) is 2.73. The van der Waals surface area contributed by atoms with Crippen LogP contribution >= 0.6 is 0 Å². The van der Waals surface area contributed by atoms with Crippen LogP contribution in [0.2, 0.25) is 0 Å². The van der Waals surface area contributed by atoms with Crippen molar-refractivity contribution in [1.82, 2.24) is 10.2 Å². The molecule has 0 aliphatic carbocycles. The van der Waals surface area contributed by atoms with Gasteiger partial charge in [-0.15, -0.1) is 13.2 Å². The van der Waals surface area contributed by atoms with Crippen molar-refractivity contribution in [3.05, 3.63) is 24.0 Å². The molecule has 2 aliphatic rings. The summed E-state index contributed by atoms with van der Waals surface area (Å²) in [6.07, 6.45) is -0.551. The summed E-state index contributed by atoms with van der Waals surface area (Å²) in [4.78, 5) is 3.89. The number of hydrogen-bond acceptors (Lipinski definition) is 3. The molecule has 2 aliphatic heterocycles. The van der Waals surface area contributed by atoms with E-state index in [-0.39, 0.29) is 17.4 Å². The number of fused-ring (bicyclic) bond motifs is 1. The zero-order chi connectivity index (χ0) is 9.47. The molecule has 0 fully saturated rings. The van der Waals surface area contributed by atoms with E-state index < -0.39 is 6.30 Å². The molecule has 0 aromatic heterocycles. The van der Waals surface area contributed by atoms with Gasteiger partial charge in [-0.3, -0.25) is 0 Å². The Morgan fingerprint density at radius 3 is 2.92 bits per heavy atom. The molecule has 0 saturated heterocycles. The lowest BCUT2D eigenvalue weighted by atomic mass is 10.3. The van der Waals surface area contributed by atoms with E-state index in [0.29, 0.717) is 5.70 Å². The van der Waals surface area contributed by atoms with Crippen LogP contribution in [0.25, 0.3) is 0 Å². The van der Waals surface area contributed by atoms with Gasteiger partial charge in [-0.25, -0.2) is 9.89 Å². The van der Waals surface area contributed by atoms with Gasteiger partial charge in [0, 0.05) is 6.20 Å². The molecular weight excluding hydrogens is 183 g/mol. The number of rotatable bonds is 0. The highest BCUT2D eigenvalue weighted by molar-refractivity contribution is 6.01. The van der Waals surface area contributed by atoms with E-state index in [0.717, 1.165) is 6.20 Å². The summed E-state index contributed by atoms with van der Waals surface area (Å²) in [7, 11) is 0. The lowest BCUT2D eigenvalue weighted by molar-refractivity contribution is -0.201. The molecule has 0 aromatic carbocycles. The Balaban J connectivity index is 2.33. The van der Waals surface area contributed by atoms with Gasteiger partial charge < -0.3 is 5.32 Å². The third-order valence-electron chi connectivity index (χ3n) is 1.74. The molecule has 6 heteroatoms. The van der Waals surface area contributed by atoms with E-state index in [1.165, 1.54) is 6.08 Å². The average Bonchev–Trinajstić information content (AvgIpc) is 2.48. The van der Waals surface area contributed by atoms with E-state index in [9.17, 15) is 13.2 Å². The maximum atomic E-state index is 12.3. The first-order chi connectivity index (χ1) is 6.09. The number of nitrogens with zero attached hydrogens (tertiary/aromatic N) is 2. The molecule has 0 atom stereocenters. The van der Waals surface area contributed by atoms with Crippen molar-refractivity contribution in [2.45, 2.75) is 6.30 Å². The van der Waals surface area contributed by atoms with E-state index >= 15 is 0 Å². The van der Waals surface area contributed by atoms with Gasteiger partial charge in [0.1, 0.15) is 6.67 Å². The first-order valence-corrected chi connectivity index (χ1v) is 3.62. The maximum absolute atomic E-state index is 12.3. The Morgan fingerprint density at radius 1 is 1.46 bits per heavy atom. The van der Waals surface area contributed by atoms with Gasteiger partial charge in [0.25, 0.3) is 0 Å². The zero-order valence-corrected chi connectivity index (χ0v) is 6.47. The molecule has 70 valence electrons. The molecular formula is C7H6F3N3. The standard InChI is InChI=1S/C7H6F3N3/c8-7(9,10)13-3-1-2-5-6(13)12-4-11-5/h1-3,11H,4H2. The third-order valence-corrected chi connectivity index (χ3v) is 1.74. The molecule has 0 amide bonds. The minimum absolute atomic E-state index is 0.0602. The minimum Gasteiger partial charge on any atom is -0.363 e. The number of allylic oxidation sites excluding steroid dienone is 2. The Kier molecular flexibility index (Phi) is 1.58. The topological polar surface area (TPSA) is 27.6 Å². The van der Waals surface area contributed by atoms with Crippen LogP contribution in [0.5, 0.6) is 0 Å². The lowest BCUT2D eigenvalue weighted by Gasteiger charge is -2.25. The van der Waals surface area contributed by atoms with Crippen LogP contribution in [0.4, 0.5) is 13.2 Å². The number of amidine groups is 1. The average molecular weight is 189 g/mol. The normalized spacial score (nSPS) is 20.7. The van der Waals surface area contributed by atoms with Crippen LogP contribution in [-0.4, -0.2) is 23.7 Å². The first-order valence-electron chi connectivity index (χ1n) is 3.62. The minimum atomic E-state index is -4.40. The molecule has 0 bridgehead atoms. The van der Waals surface area contributed by atoms with Gasteiger partial charge in [0.2, 0.25) is 0 Å². The molecule has 1 N–H and O–H groups in total. The fraction of sp³-hybridized carbons (Fsp3) is 0.286. The van der Waals surface area contributed by atoms with E-state index in [4.69, 9.17) is 0 Å². The van der Waals surface area contributed by atoms with Crippen LogP contribution in [0, 0.1) is 0 Å². The van der Waals surface area contributed by atoms with Crippen molar-refractivity contribution in [1.29, 1.82) is 0 Å². The van der Waals surface area contributed by atoms with Crippen LogP contribution < -0.4 is 5.32 Å². The highest BCUT2D eigenvalue weighted by Crippen LogP contribution is 2.27. The van der Waals surface area contributed by atoms with Crippen LogP contribution in [0.1, 0.15) is 0 Å². The third kappa shape index (κ3) is 1.28. The quantitative estimate of drug-likeness (QED) is 0.579. The SMILES string of the molecule is FC(F)(F)N1C=CC=C2NCN=C21. The largest absolute Gasteiger partial charge is 0.490 e. The molecule has 2 heterocycles. The molecule has 0 saturated carbocycles. The number of alkyl halides is 3. The van der Waals surface area contributed by atoms with Gasteiger partial charge in [0.05, 0.1) is 5.70 Å². The van der Waals surface area contributed by atoms with Gasteiger partial charge in [-0.2, -0.15) is 0 Å². The summed E-state index contributed by atoms with van der Waals surface area (Å²) in [5.74, 6) is -0.0602. The molecule has 0 radical (unpaired) electrons. The van der Waals surface area contributed by atoms with E-state index in [2.05, 4.69) is 10.3 Å². The van der Waals surface area contributed by atoms with E-state index in [1.54, 1.807) is 6.08 Å². The first kappa shape index (κ1) is 8.15. The van der Waals surface area contributed by atoms with Crippen molar-refractivity contribution in [3.8, 4) is 0 Å². The smallest absolute Gasteiger partial charge is 0.363 e. The zero-order valence-electron chi connectivity index (χ0n) is 6.47. The van der Waals surface area contributed by atoms with Crippen LogP contribution in [0.3, 0.4) is 0 Å². The molecule has 0 unspecified atom stereocenters. The fourth-order valence-electron chi connectivity index (χ4n) is 1.20. The molecule has 2 rings (SSSR count). The summed E-state index contributed by atoms with van der Waals surface area (Å²) in [6.45, 7) is 0.204. The Bertz CT molecular complexity index is 313. The predicted molar refractivity (Wildman–Crippen MR) is 40.6 cm³/mol. The second-order valence-corrected chi connectivity index (χ2v) is 2.58. The van der Waals surface area contributed by atoms with Crippen molar-refractivity contribution < 1.29 is 13.2 Å². The van der Waals surface area contributed by atoms with Crippen LogP contribution in [-0.2, 0) is 0 Å². The summed E-state index contributed by atoms with van der Waals surface area (Å²) >= 11 is 0. The second-order valence-electron chi connectivity index (χ2n) is 2.58. The van der Waals surface area contributed by atoms with Gasteiger partial charge in [-0.1, -0.05) is 0 Å². The lowest BCUT2D eigenvalue weighted by Crippen LogP contribution is -2.40. The van der Waals surface area contributed by atoms with E-state index in [1.807, 2.05) is 0 Å². The Labute approximate surface area is 72.2 Å². The van der Waals surface area contributed by atoms with Crippen molar-refractivity contribution in [2.75, 3.05) is 6.67 Å². The maximum Gasteiger partial charge on any atom is 0.490 e. The van der Waals surface area contributed by atoms with Gasteiger partial charge in [-0.05, 0) is 12.2 Å². The van der Waals surface area contributed by atoms with Crippen molar-refractivity contribution in [2.24, 2.45) is 4.99 Å². The van der Waals surface area contributed by atoms with Crippen molar-refractivity contribution in [3.63, 3.8) is 0 Å². The number of nitrogens with one attached hydrogen (secondary N) is 1. The summed E-state index contributed by atoms with van der Waals surface area (Å²) in [5.41, 5.74) is 0.417. The molecule has 13 heavy (non-hydrogen) atoms. The Morgan fingerprint density at radius 2 is 2.23 bits per heavy atom. The number of halogens is 3. The summed E-state index contributed by atoms with van der Waals surface area (Å²) in [6, 6.07) is 0. The van der Waals surface area contributed by atoms with Crippen LogP contribution in [0.15, 0.2) is 29.0 Å². The molecule has 0 spiro atoms. The highest BCUT2D eigenvalue weighted by atomic mass is 19.4. The summed E-state index contributed by atoms with van der Waals surface area (Å²) < 4.78 is 37.0. The Hall–Kier alpha value is -1.46. The van der Waals surface area contributed by atoms with Gasteiger partial charge in [0.15, 0.2) is 5.84 Å². The second kappa shape index (κ2) is 2.51. The molecule has 3 nitrogen and oxygen atoms in total. The number of aliphatic imine (C=N–C) groups is 1. The predicted octanol–water partition coefficient (Wildman–Crippen LogP) is 1.18. The van der Waals surface area contributed by atoms with Crippen molar-refractivity contribution >= 4 is 5.84 Å².